The van der Waals surface area contributed by atoms with E-state index in [-0.39, 0.29) is 18.2 Å². The number of methoxy groups -OCH3 is 1. The normalized spacial score (nSPS) is 10.4. The van der Waals surface area contributed by atoms with Crippen LogP contribution < -0.4 is 15.4 Å². The van der Waals surface area contributed by atoms with Gasteiger partial charge in [-0.1, -0.05) is 42.5 Å². The zero-order valence-electron chi connectivity index (χ0n) is 17.4. The number of thiazole rings is 1. The number of amides is 2. The van der Waals surface area contributed by atoms with Crippen LogP contribution in [-0.4, -0.2) is 23.9 Å². The van der Waals surface area contributed by atoms with Crippen molar-refractivity contribution in [1.29, 1.82) is 0 Å². The Morgan fingerprint density at radius 3 is 2.38 bits per heavy atom. The fourth-order valence-corrected chi connectivity index (χ4v) is 3.94. The molecular formula is C25H21N3O3S. The van der Waals surface area contributed by atoms with Crippen LogP contribution in [-0.2, 0) is 11.2 Å². The highest BCUT2D eigenvalue weighted by atomic mass is 32.1. The Kier molecular flexibility index (Phi) is 6.57. The van der Waals surface area contributed by atoms with Gasteiger partial charge >= 0.3 is 0 Å². The van der Waals surface area contributed by atoms with E-state index in [1.54, 1.807) is 43.5 Å². The van der Waals surface area contributed by atoms with Crippen molar-refractivity contribution in [1.82, 2.24) is 4.98 Å². The molecule has 0 atom stereocenters. The monoisotopic (exact) mass is 443 g/mol. The Morgan fingerprint density at radius 1 is 0.906 bits per heavy atom. The zero-order valence-corrected chi connectivity index (χ0v) is 18.2. The number of nitrogens with one attached hydrogen (secondary N) is 2. The minimum absolute atomic E-state index is 0.166. The van der Waals surface area contributed by atoms with Crippen LogP contribution in [0.1, 0.15) is 16.1 Å². The van der Waals surface area contributed by atoms with Crippen molar-refractivity contribution in [2.45, 2.75) is 6.42 Å². The van der Waals surface area contributed by atoms with Crippen LogP contribution in [0, 0.1) is 0 Å². The maximum Gasteiger partial charge on any atom is 0.255 e. The van der Waals surface area contributed by atoms with Crippen LogP contribution in [0.4, 0.5) is 11.4 Å². The number of hydrogen-bond acceptors (Lipinski definition) is 5. The van der Waals surface area contributed by atoms with E-state index in [2.05, 4.69) is 15.6 Å². The van der Waals surface area contributed by atoms with Crippen LogP contribution in [0.15, 0.2) is 84.2 Å². The number of benzene rings is 3. The predicted molar refractivity (Wildman–Crippen MR) is 127 cm³/mol. The molecule has 4 rings (SSSR count). The van der Waals surface area contributed by atoms with Crippen LogP contribution in [0.25, 0.3) is 10.6 Å². The Hall–Kier alpha value is -3.97. The number of ether oxygens (including phenoxy) is 1. The molecule has 0 aliphatic rings. The molecule has 32 heavy (non-hydrogen) atoms. The first-order valence-corrected chi connectivity index (χ1v) is 10.8. The second kappa shape index (κ2) is 9.89. The standard InChI is InChI=1S/C25H21N3O3S/c1-31-22-10-6-5-9-21(22)28-24(30)17-11-13-19(14-12-17)26-23(29)15-20-16-32-25(27-20)18-7-3-2-4-8-18/h2-14,16H,15H2,1H3,(H,26,29)(H,28,30). The molecule has 1 heterocycles. The summed E-state index contributed by atoms with van der Waals surface area (Å²) in [6.45, 7) is 0. The third kappa shape index (κ3) is 5.19. The molecule has 2 N–H and O–H groups in total. The lowest BCUT2D eigenvalue weighted by atomic mass is 10.1. The molecule has 0 saturated heterocycles. The largest absolute Gasteiger partial charge is 0.495 e. The number of rotatable bonds is 7. The minimum atomic E-state index is -0.261. The van der Waals surface area contributed by atoms with Crippen molar-refractivity contribution >= 4 is 34.5 Å². The van der Waals surface area contributed by atoms with Crippen molar-refractivity contribution in [3.05, 3.63) is 95.5 Å². The second-order valence-corrected chi connectivity index (χ2v) is 7.82. The quantitative estimate of drug-likeness (QED) is 0.409. The number of anilines is 2. The number of carbonyl (C=O) groups excluding carboxylic acids is 2. The van der Waals surface area contributed by atoms with Gasteiger partial charge in [-0.25, -0.2) is 4.98 Å². The zero-order chi connectivity index (χ0) is 22.3. The third-order valence-corrected chi connectivity index (χ3v) is 5.64. The highest BCUT2D eigenvalue weighted by Gasteiger charge is 2.12. The smallest absolute Gasteiger partial charge is 0.255 e. The summed E-state index contributed by atoms with van der Waals surface area (Å²) < 4.78 is 5.25. The molecule has 0 bridgehead atoms. The number of nitrogens with zero attached hydrogens (tertiary/aromatic N) is 1. The predicted octanol–water partition coefficient (Wildman–Crippen LogP) is 5.25. The van der Waals surface area contributed by atoms with E-state index >= 15 is 0 Å². The Bertz CT molecular complexity index is 1220. The summed E-state index contributed by atoms with van der Waals surface area (Å²) in [5.41, 5.74) is 3.43. The van der Waals surface area contributed by atoms with Gasteiger partial charge in [-0.3, -0.25) is 9.59 Å². The molecule has 3 aromatic carbocycles. The number of carbonyl (C=O) groups is 2. The van der Waals surface area contributed by atoms with Crippen LogP contribution >= 0.6 is 11.3 Å². The highest BCUT2D eigenvalue weighted by molar-refractivity contribution is 7.13. The Balaban J connectivity index is 1.35. The molecule has 0 aliphatic carbocycles. The molecule has 0 radical (unpaired) electrons. The first kappa shape index (κ1) is 21.3. The van der Waals surface area contributed by atoms with Gasteiger partial charge in [0.05, 0.1) is 24.9 Å². The van der Waals surface area contributed by atoms with Gasteiger partial charge < -0.3 is 15.4 Å². The average Bonchev–Trinajstić information content (AvgIpc) is 3.28. The third-order valence-electron chi connectivity index (χ3n) is 4.70. The number of aromatic nitrogens is 1. The van der Waals surface area contributed by atoms with Gasteiger partial charge in [-0.2, -0.15) is 0 Å². The molecule has 7 heteroatoms. The van der Waals surface area contributed by atoms with Gasteiger partial charge in [-0.05, 0) is 36.4 Å². The summed E-state index contributed by atoms with van der Waals surface area (Å²) in [6, 6.07) is 23.8. The van der Waals surface area contributed by atoms with Gasteiger partial charge in [0.1, 0.15) is 10.8 Å². The summed E-state index contributed by atoms with van der Waals surface area (Å²) in [5.74, 6) is 0.159. The highest BCUT2D eigenvalue weighted by Crippen LogP contribution is 2.25. The van der Waals surface area contributed by atoms with E-state index in [4.69, 9.17) is 4.74 Å². The SMILES string of the molecule is COc1ccccc1NC(=O)c1ccc(NC(=O)Cc2csc(-c3ccccc3)n2)cc1. The summed E-state index contributed by atoms with van der Waals surface area (Å²) in [4.78, 5) is 29.5. The number of para-hydroxylation sites is 2. The van der Waals surface area contributed by atoms with E-state index in [9.17, 15) is 9.59 Å². The lowest BCUT2D eigenvalue weighted by Crippen LogP contribution is -2.15. The summed E-state index contributed by atoms with van der Waals surface area (Å²) in [7, 11) is 1.55. The van der Waals surface area contributed by atoms with Crippen molar-refractivity contribution in [3.63, 3.8) is 0 Å². The fourth-order valence-electron chi connectivity index (χ4n) is 3.12. The molecule has 2 amide bonds. The van der Waals surface area contributed by atoms with Gasteiger partial charge in [0.2, 0.25) is 5.91 Å². The van der Waals surface area contributed by atoms with E-state index in [1.165, 1.54) is 11.3 Å². The Labute approximate surface area is 189 Å². The fraction of sp³-hybridized carbons (Fsp3) is 0.0800. The topological polar surface area (TPSA) is 80.3 Å². The average molecular weight is 444 g/mol. The molecule has 0 spiro atoms. The second-order valence-electron chi connectivity index (χ2n) is 6.97. The van der Waals surface area contributed by atoms with Crippen molar-refractivity contribution in [2.24, 2.45) is 0 Å². The first-order valence-electron chi connectivity index (χ1n) is 9.96. The first-order chi connectivity index (χ1) is 15.6. The summed E-state index contributed by atoms with van der Waals surface area (Å²) >= 11 is 1.51. The maximum absolute atomic E-state index is 12.5. The minimum Gasteiger partial charge on any atom is -0.495 e. The molecule has 0 saturated carbocycles. The van der Waals surface area contributed by atoms with Crippen molar-refractivity contribution < 1.29 is 14.3 Å². The summed E-state index contributed by atoms with van der Waals surface area (Å²) in [5, 5.41) is 8.46. The van der Waals surface area contributed by atoms with Gasteiger partial charge in [0, 0.05) is 22.2 Å². The molecule has 0 fully saturated rings. The van der Waals surface area contributed by atoms with Gasteiger partial charge in [-0.15, -0.1) is 11.3 Å². The molecule has 4 aromatic rings. The lowest BCUT2D eigenvalue weighted by molar-refractivity contribution is -0.115. The van der Waals surface area contributed by atoms with E-state index in [1.807, 2.05) is 47.8 Å². The van der Waals surface area contributed by atoms with E-state index < -0.39 is 0 Å². The van der Waals surface area contributed by atoms with Gasteiger partial charge in [0.25, 0.3) is 5.91 Å². The molecular weight excluding hydrogens is 422 g/mol. The van der Waals surface area contributed by atoms with Gasteiger partial charge in [0.15, 0.2) is 0 Å². The molecule has 1 aromatic heterocycles. The maximum atomic E-state index is 12.5. The molecule has 6 nitrogen and oxygen atoms in total. The van der Waals surface area contributed by atoms with Crippen LogP contribution in [0.2, 0.25) is 0 Å². The molecule has 0 aliphatic heterocycles. The van der Waals surface area contributed by atoms with Crippen LogP contribution in [0.3, 0.4) is 0 Å². The van der Waals surface area contributed by atoms with E-state index in [0.717, 1.165) is 16.3 Å². The van der Waals surface area contributed by atoms with Crippen molar-refractivity contribution in [3.8, 4) is 16.3 Å². The van der Waals surface area contributed by atoms with Crippen LogP contribution in [0.5, 0.6) is 5.75 Å². The lowest BCUT2D eigenvalue weighted by Gasteiger charge is -2.10. The number of hydrogen-bond donors (Lipinski definition) is 2. The van der Waals surface area contributed by atoms with E-state index in [0.29, 0.717) is 22.7 Å². The summed E-state index contributed by atoms with van der Waals surface area (Å²) in [6.07, 6.45) is 0.180. The Morgan fingerprint density at radius 2 is 1.62 bits per heavy atom. The molecule has 0 unspecified atom stereocenters. The molecule has 160 valence electrons. The van der Waals surface area contributed by atoms with Crippen molar-refractivity contribution in [2.75, 3.05) is 17.7 Å².